The van der Waals surface area contributed by atoms with E-state index in [2.05, 4.69) is 5.32 Å². The lowest BCUT2D eigenvalue weighted by Crippen LogP contribution is -2.32. The molecule has 8 nitrogen and oxygen atoms in total. The third kappa shape index (κ3) is 3.58. The fourth-order valence-electron chi connectivity index (χ4n) is 3.03. The molecule has 1 aliphatic rings. The van der Waals surface area contributed by atoms with Gasteiger partial charge in [0.1, 0.15) is 0 Å². The zero-order valence-corrected chi connectivity index (χ0v) is 14.7. The van der Waals surface area contributed by atoms with E-state index in [4.69, 9.17) is 4.74 Å². The summed E-state index contributed by atoms with van der Waals surface area (Å²) in [7, 11) is 0. The number of ether oxygens (including phenoxy) is 1. The second kappa shape index (κ2) is 7.81. The molecular formula is C18H20N2O6. The Labute approximate surface area is 150 Å². The van der Waals surface area contributed by atoms with Crippen LogP contribution in [0.15, 0.2) is 46.8 Å². The first-order valence-electron chi connectivity index (χ1n) is 8.11. The zero-order valence-electron chi connectivity index (χ0n) is 14.7. The fourth-order valence-corrected chi connectivity index (χ4v) is 3.03. The predicted octanol–water partition coefficient (Wildman–Crippen LogP) is 2.87. The van der Waals surface area contributed by atoms with Gasteiger partial charge in [-0.05, 0) is 20.3 Å². The average Bonchev–Trinajstić information content (AvgIpc) is 2.58. The fraction of sp³-hybridized carbons (Fsp3) is 0.333. The van der Waals surface area contributed by atoms with Crippen molar-refractivity contribution in [3.63, 3.8) is 0 Å². The lowest BCUT2D eigenvalue weighted by Gasteiger charge is -2.29. The quantitative estimate of drug-likeness (QED) is 0.455. The minimum atomic E-state index is -1.26. The van der Waals surface area contributed by atoms with Gasteiger partial charge in [0.15, 0.2) is 0 Å². The second-order valence-corrected chi connectivity index (χ2v) is 5.89. The van der Waals surface area contributed by atoms with Crippen LogP contribution in [-0.2, 0) is 14.3 Å². The van der Waals surface area contributed by atoms with E-state index < -0.39 is 22.8 Å². The summed E-state index contributed by atoms with van der Waals surface area (Å²) in [5, 5.41) is 24.0. The number of allylic oxidation sites excluding steroid dienone is 2. The van der Waals surface area contributed by atoms with Gasteiger partial charge in [-0.2, -0.15) is 0 Å². The monoisotopic (exact) mass is 360 g/mol. The largest absolute Gasteiger partial charge is 0.478 e. The molecule has 1 aromatic rings. The van der Waals surface area contributed by atoms with E-state index in [0.717, 1.165) is 0 Å². The van der Waals surface area contributed by atoms with Crippen LogP contribution in [0.25, 0.3) is 0 Å². The Morgan fingerprint density at radius 3 is 2.42 bits per heavy atom. The number of nitro benzene ring substituents is 1. The summed E-state index contributed by atoms with van der Waals surface area (Å²) in [5.74, 6) is -3.04. The first-order chi connectivity index (χ1) is 12.3. The Morgan fingerprint density at radius 1 is 1.23 bits per heavy atom. The SMILES string of the molecule is CCCOC(=O)C1=C(C)NC(C)=C(C(=O)O)C1c1ccccc1[N+](=O)[O-]. The van der Waals surface area contributed by atoms with Gasteiger partial charge in [-0.3, -0.25) is 10.1 Å². The van der Waals surface area contributed by atoms with Crippen LogP contribution in [-0.4, -0.2) is 28.6 Å². The summed E-state index contributed by atoms with van der Waals surface area (Å²) in [5.41, 5.74) is 0.573. The number of carbonyl (C=O) groups excluding carboxylic acids is 1. The molecule has 8 heteroatoms. The van der Waals surface area contributed by atoms with E-state index in [1.165, 1.54) is 18.2 Å². The van der Waals surface area contributed by atoms with E-state index in [9.17, 15) is 24.8 Å². The molecule has 26 heavy (non-hydrogen) atoms. The van der Waals surface area contributed by atoms with Crippen molar-refractivity contribution in [2.75, 3.05) is 6.61 Å². The highest BCUT2D eigenvalue weighted by atomic mass is 16.6. The maximum Gasteiger partial charge on any atom is 0.336 e. The molecule has 1 aliphatic heterocycles. The van der Waals surface area contributed by atoms with Gasteiger partial charge in [-0.25, -0.2) is 9.59 Å². The van der Waals surface area contributed by atoms with Crippen LogP contribution in [0.1, 0.15) is 38.7 Å². The third-order valence-electron chi connectivity index (χ3n) is 4.09. The standard InChI is InChI=1S/C18H20N2O6/c1-4-9-26-18(23)15-11(3)19-10(2)14(17(21)22)16(15)12-7-5-6-8-13(12)20(24)25/h5-8,16,19H,4,9H2,1-3H3,(H,21,22). The van der Waals surface area contributed by atoms with E-state index >= 15 is 0 Å². The number of dihydropyridines is 1. The Bertz CT molecular complexity index is 825. The summed E-state index contributed by atoms with van der Waals surface area (Å²) in [4.78, 5) is 35.3. The van der Waals surface area contributed by atoms with Crippen LogP contribution in [0, 0.1) is 10.1 Å². The molecule has 0 radical (unpaired) electrons. The van der Waals surface area contributed by atoms with Gasteiger partial charge in [0.25, 0.3) is 5.69 Å². The molecule has 2 rings (SSSR count). The summed E-state index contributed by atoms with van der Waals surface area (Å²) in [6.45, 7) is 5.18. The van der Waals surface area contributed by atoms with Gasteiger partial charge in [0.05, 0.1) is 28.6 Å². The molecule has 0 bridgehead atoms. The van der Waals surface area contributed by atoms with Gasteiger partial charge in [0, 0.05) is 23.0 Å². The molecule has 2 N–H and O–H groups in total. The maximum absolute atomic E-state index is 12.6. The maximum atomic E-state index is 12.6. The highest BCUT2D eigenvalue weighted by Crippen LogP contribution is 2.42. The molecule has 0 amide bonds. The van der Waals surface area contributed by atoms with Crippen LogP contribution < -0.4 is 5.32 Å². The van der Waals surface area contributed by atoms with E-state index in [1.807, 2.05) is 6.92 Å². The predicted molar refractivity (Wildman–Crippen MR) is 93.3 cm³/mol. The van der Waals surface area contributed by atoms with E-state index in [1.54, 1.807) is 19.9 Å². The Balaban J connectivity index is 2.71. The number of hydrogen-bond acceptors (Lipinski definition) is 6. The van der Waals surface area contributed by atoms with Crippen molar-refractivity contribution >= 4 is 17.6 Å². The number of carboxylic acids is 1. The number of hydrogen-bond donors (Lipinski definition) is 2. The molecule has 1 atom stereocenters. The number of nitro groups is 1. The summed E-state index contributed by atoms with van der Waals surface area (Å²) in [6, 6.07) is 5.82. The molecule has 0 fully saturated rings. The number of aliphatic carboxylic acids is 1. The normalized spacial score (nSPS) is 17.0. The number of benzene rings is 1. The van der Waals surface area contributed by atoms with E-state index in [-0.39, 0.29) is 29.0 Å². The van der Waals surface area contributed by atoms with Crippen LogP contribution in [0.2, 0.25) is 0 Å². The van der Waals surface area contributed by atoms with Crippen molar-refractivity contribution in [3.05, 3.63) is 62.5 Å². The van der Waals surface area contributed by atoms with Crippen molar-refractivity contribution in [1.29, 1.82) is 0 Å². The molecule has 138 valence electrons. The number of nitrogens with zero attached hydrogens (tertiary/aromatic N) is 1. The topological polar surface area (TPSA) is 119 Å². The Hall–Kier alpha value is -3.16. The highest BCUT2D eigenvalue weighted by Gasteiger charge is 2.40. The minimum absolute atomic E-state index is 0.0655. The van der Waals surface area contributed by atoms with Gasteiger partial charge in [0.2, 0.25) is 0 Å². The number of carbonyl (C=O) groups is 2. The molecule has 0 aliphatic carbocycles. The average molecular weight is 360 g/mol. The first-order valence-corrected chi connectivity index (χ1v) is 8.11. The number of para-hydroxylation sites is 1. The molecule has 1 heterocycles. The number of carboxylic acid groups (broad SMARTS) is 1. The molecule has 1 unspecified atom stereocenters. The summed E-state index contributed by atoms with van der Waals surface area (Å²) >= 11 is 0. The minimum Gasteiger partial charge on any atom is -0.478 e. The molecule has 1 aromatic carbocycles. The Kier molecular flexibility index (Phi) is 5.76. The number of nitrogens with one attached hydrogen (secondary N) is 1. The summed E-state index contributed by atoms with van der Waals surface area (Å²) in [6.07, 6.45) is 0.600. The molecule has 0 saturated carbocycles. The van der Waals surface area contributed by atoms with Crippen LogP contribution in [0.5, 0.6) is 0 Å². The van der Waals surface area contributed by atoms with Crippen LogP contribution in [0.3, 0.4) is 0 Å². The van der Waals surface area contributed by atoms with Gasteiger partial charge >= 0.3 is 11.9 Å². The number of rotatable bonds is 6. The molecule has 0 aromatic heterocycles. The van der Waals surface area contributed by atoms with Crippen molar-refractivity contribution in [1.82, 2.24) is 5.32 Å². The third-order valence-corrected chi connectivity index (χ3v) is 4.09. The lowest BCUT2D eigenvalue weighted by atomic mass is 9.79. The zero-order chi connectivity index (χ0) is 19.4. The first kappa shape index (κ1) is 19.2. The molecule has 0 saturated heterocycles. The second-order valence-electron chi connectivity index (χ2n) is 5.89. The van der Waals surface area contributed by atoms with Crippen molar-refractivity contribution < 1.29 is 24.4 Å². The van der Waals surface area contributed by atoms with Crippen molar-refractivity contribution in [2.45, 2.75) is 33.1 Å². The van der Waals surface area contributed by atoms with E-state index in [0.29, 0.717) is 17.8 Å². The van der Waals surface area contributed by atoms with Gasteiger partial charge in [-0.1, -0.05) is 25.1 Å². The Morgan fingerprint density at radius 2 is 1.85 bits per heavy atom. The van der Waals surface area contributed by atoms with Crippen LogP contribution in [0.4, 0.5) is 5.69 Å². The molecule has 0 spiro atoms. The van der Waals surface area contributed by atoms with Crippen LogP contribution >= 0.6 is 0 Å². The highest BCUT2D eigenvalue weighted by molar-refractivity contribution is 5.99. The van der Waals surface area contributed by atoms with Gasteiger partial charge in [-0.15, -0.1) is 0 Å². The van der Waals surface area contributed by atoms with Gasteiger partial charge < -0.3 is 15.2 Å². The van der Waals surface area contributed by atoms with Crippen molar-refractivity contribution in [2.24, 2.45) is 0 Å². The smallest absolute Gasteiger partial charge is 0.336 e. The summed E-state index contributed by atoms with van der Waals surface area (Å²) < 4.78 is 5.19. The lowest BCUT2D eigenvalue weighted by molar-refractivity contribution is -0.385. The van der Waals surface area contributed by atoms with Crippen molar-refractivity contribution in [3.8, 4) is 0 Å². The molecular weight excluding hydrogens is 340 g/mol. The number of esters is 1.